The van der Waals surface area contributed by atoms with E-state index in [2.05, 4.69) is 14.4 Å². The largest absolute Gasteiger partial charge is 0.591 e. The average molecular weight is 416 g/mol. The summed E-state index contributed by atoms with van der Waals surface area (Å²) in [6.07, 6.45) is 5.99. The van der Waals surface area contributed by atoms with Gasteiger partial charge < -0.3 is 4.55 Å². The Kier molecular flexibility index (Phi) is 5.56. The van der Waals surface area contributed by atoms with Crippen molar-refractivity contribution in [2.75, 3.05) is 6.26 Å². The first-order valence-corrected chi connectivity index (χ1v) is 11.6. The third-order valence-electron chi connectivity index (χ3n) is 3.98. The number of pyridine rings is 2. The van der Waals surface area contributed by atoms with Gasteiger partial charge in [0.15, 0.2) is 9.84 Å². The van der Waals surface area contributed by atoms with E-state index in [1.54, 1.807) is 36.7 Å². The summed E-state index contributed by atoms with van der Waals surface area (Å²) in [5, 5.41) is 0.665. The van der Waals surface area contributed by atoms with E-state index in [-0.39, 0.29) is 4.90 Å². The maximum atomic E-state index is 12.3. The van der Waals surface area contributed by atoms with Gasteiger partial charge in [0, 0.05) is 35.2 Å². The number of benzene rings is 1. The summed E-state index contributed by atoms with van der Waals surface area (Å²) in [7, 11) is -3.45. The zero-order valence-electron chi connectivity index (χ0n) is 16.1. The Morgan fingerprint density at radius 3 is 2.54 bits per heavy atom. The molecule has 0 aliphatic rings. The summed E-state index contributed by atoms with van der Waals surface area (Å²) in [5.41, 5.74) is 2.28. The molecule has 0 aliphatic heterocycles. The summed E-state index contributed by atoms with van der Waals surface area (Å²) >= 11 is -1.42. The van der Waals surface area contributed by atoms with Crippen molar-refractivity contribution in [3.05, 3.63) is 54.4 Å². The maximum Gasteiger partial charge on any atom is 0.177 e. The highest BCUT2D eigenvalue weighted by molar-refractivity contribution is 7.91. The van der Waals surface area contributed by atoms with Gasteiger partial charge in [-0.3, -0.25) is 4.98 Å². The van der Waals surface area contributed by atoms with Crippen molar-refractivity contribution in [1.29, 1.82) is 0 Å². The van der Waals surface area contributed by atoms with Crippen LogP contribution in [0.25, 0.3) is 22.2 Å². The fraction of sp³-hybridized carbons (Fsp3) is 0.250. The predicted molar refractivity (Wildman–Crippen MR) is 114 cm³/mol. The third kappa shape index (κ3) is 4.40. The Bertz CT molecular complexity index is 1140. The summed E-state index contributed by atoms with van der Waals surface area (Å²) in [6, 6.07) is 10.4. The van der Waals surface area contributed by atoms with Gasteiger partial charge in [0.1, 0.15) is 16.1 Å². The molecule has 0 aliphatic carbocycles. The van der Waals surface area contributed by atoms with Gasteiger partial charge in [0.25, 0.3) is 0 Å². The predicted octanol–water partition coefficient (Wildman–Crippen LogP) is 3.58. The van der Waals surface area contributed by atoms with Crippen LogP contribution in [0, 0.1) is 0 Å². The van der Waals surface area contributed by atoms with Crippen LogP contribution in [0.4, 0.5) is 0 Å². The first kappa shape index (κ1) is 20.4. The Morgan fingerprint density at radius 2 is 1.93 bits per heavy atom. The number of para-hydroxylation sites is 1. The first-order chi connectivity index (χ1) is 13.1. The van der Waals surface area contributed by atoms with Gasteiger partial charge >= 0.3 is 0 Å². The van der Waals surface area contributed by atoms with E-state index in [4.69, 9.17) is 0 Å². The van der Waals surface area contributed by atoms with Crippen molar-refractivity contribution in [3.8, 4) is 11.3 Å². The lowest BCUT2D eigenvalue weighted by Crippen LogP contribution is -2.25. The molecule has 2 aromatic heterocycles. The van der Waals surface area contributed by atoms with Gasteiger partial charge in [0.2, 0.25) is 0 Å². The number of aromatic nitrogens is 2. The summed E-state index contributed by atoms with van der Waals surface area (Å²) in [4.78, 5) is 8.93. The van der Waals surface area contributed by atoms with Gasteiger partial charge in [-0.25, -0.2) is 13.4 Å². The topological polar surface area (TPSA) is 95.3 Å². The molecule has 0 bridgehead atoms. The molecule has 0 fully saturated rings. The van der Waals surface area contributed by atoms with Crippen molar-refractivity contribution >= 4 is 38.3 Å². The van der Waals surface area contributed by atoms with Crippen LogP contribution in [-0.2, 0) is 21.2 Å². The molecule has 1 aromatic carbocycles. The molecular weight excluding hydrogens is 394 g/mol. The van der Waals surface area contributed by atoms with Gasteiger partial charge in [0.05, 0.1) is 22.3 Å². The summed E-state index contributed by atoms with van der Waals surface area (Å²) in [5.74, 6) is 0. The number of hydrogen-bond donors (Lipinski definition) is 0. The molecule has 3 rings (SSSR count). The highest BCUT2D eigenvalue weighted by Crippen LogP contribution is 2.28. The number of fused-ring (bicyclic) bond motifs is 1. The molecule has 0 amide bonds. The molecule has 8 heteroatoms. The minimum absolute atomic E-state index is 0.164. The minimum atomic E-state index is -3.45. The normalized spacial score (nSPS) is 13.9. The van der Waals surface area contributed by atoms with E-state index in [0.29, 0.717) is 22.2 Å². The molecule has 0 N–H and O–H groups in total. The van der Waals surface area contributed by atoms with Gasteiger partial charge in [-0.15, -0.1) is 0 Å². The van der Waals surface area contributed by atoms with Gasteiger partial charge in [-0.05, 0) is 45.0 Å². The lowest BCUT2D eigenvalue weighted by atomic mass is 10.1. The number of nitrogens with zero attached hydrogens (tertiary/aromatic N) is 3. The minimum Gasteiger partial charge on any atom is -0.591 e. The first-order valence-electron chi connectivity index (χ1n) is 8.57. The molecule has 0 spiro atoms. The number of rotatable bonds is 4. The zero-order valence-corrected chi connectivity index (χ0v) is 17.7. The molecule has 3 aromatic rings. The van der Waals surface area contributed by atoms with Crippen LogP contribution in [0.1, 0.15) is 26.3 Å². The molecule has 0 radical (unpaired) electrons. The zero-order chi connectivity index (χ0) is 20.5. The fourth-order valence-corrected chi connectivity index (χ4v) is 3.95. The average Bonchev–Trinajstić information content (AvgIpc) is 2.64. The van der Waals surface area contributed by atoms with Gasteiger partial charge in [-0.1, -0.05) is 16.5 Å². The van der Waals surface area contributed by atoms with Crippen molar-refractivity contribution in [2.24, 2.45) is 4.40 Å². The Labute approximate surface area is 168 Å². The smallest absolute Gasteiger partial charge is 0.177 e. The Morgan fingerprint density at radius 1 is 1.18 bits per heavy atom. The monoisotopic (exact) mass is 415 g/mol. The second-order valence-corrected chi connectivity index (χ2v) is 11.3. The van der Waals surface area contributed by atoms with E-state index in [1.165, 1.54) is 6.21 Å². The maximum absolute atomic E-state index is 12.3. The SMILES string of the molecule is CC(C)(C)[S+]([O-])/N=C/c1cc2cccc(S(C)(=O)=O)c2nc1-c1cccnc1. The molecule has 1 atom stereocenters. The van der Waals surface area contributed by atoms with Crippen LogP contribution in [0.5, 0.6) is 0 Å². The van der Waals surface area contributed by atoms with Crippen LogP contribution in [0.15, 0.2) is 58.1 Å². The third-order valence-corrected chi connectivity index (χ3v) is 6.46. The van der Waals surface area contributed by atoms with Crippen LogP contribution < -0.4 is 0 Å². The van der Waals surface area contributed by atoms with E-state index < -0.39 is 25.9 Å². The highest BCUT2D eigenvalue weighted by Gasteiger charge is 2.26. The van der Waals surface area contributed by atoms with Gasteiger partial charge in [-0.2, -0.15) is 0 Å². The van der Waals surface area contributed by atoms with Crippen LogP contribution in [0.2, 0.25) is 0 Å². The standard InChI is InChI=1S/C20H21N3O3S2/c1-20(2,3)27(24)22-13-16-11-14-7-5-9-17(28(4,25)26)19(14)23-18(16)15-8-6-10-21-12-15/h5-13H,1-4H3/b22-13+. The number of sulfone groups is 1. The Balaban J connectivity index is 2.27. The molecule has 6 nitrogen and oxygen atoms in total. The molecule has 1 unspecified atom stereocenters. The summed E-state index contributed by atoms with van der Waals surface area (Å²) in [6.45, 7) is 5.54. The van der Waals surface area contributed by atoms with Crippen molar-refractivity contribution in [1.82, 2.24) is 9.97 Å². The lowest BCUT2D eigenvalue weighted by molar-refractivity contribution is 0.562. The van der Waals surface area contributed by atoms with Crippen molar-refractivity contribution < 1.29 is 13.0 Å². The molecule has 2 heterocycles. The fourth-order valence-electron chi connectivity index (χ4n) is 2.58. The number of hydrogen-bond acceptors (Lipinski definition) is 6. The van der Waals surface area contributed by atoms with Crippen molar-refractivity contribution in [3.63, 3.8) is 0 Å². The highest BCUT2D eigenvalue weighted by atomic mass is 32.2. The molecular formula is C20H21N3O3S2. The molecule has 0 saturated carbocycles. The molecule has 28 heavy (non-hydrogen) atoms. The van der Waals surface area contributed by atoms with Crippen LogP contribution in [0.3, 0.4) is 0 Å². The molecule has 146 valence electrons. The van der Waals surface area contributed by atoms with Crippen LogP contribution >= 0.6 is 0 Å². The van der Waals surface area contributed by atoms with Crippen molar-refractivity contribution in [2.45, 2.75) is 30.4 Å². The quantitative estimate of drug-likeness (QED) is 0.479. The van der Waals surface area contributed by atoms with E-state index in [9.17, 15) is 13.0 Å². The lowest BCUT2D eigenvalue weighted by Gasteiger charge is -2.18. The Hall–Kier alpha value is -2.29. The van der Waals surface area contributed by atoms with E-state index >= 15 is 0 Å². The second-order valence-electron chi connectivity index (χ2n) is 7.36. The second kappa shape index (κ2) is 7.62. The van der Waals surface area contributed by atoms with E-state index in [1.807, 2.05) is 32.9 Å². The summed E-state index contributed by atoms with van der Waals surface area (Å²) < 4.78 is 40.4. The van der Waals surface area contributed by atoms with E-state index in [0.717, 1.165) is 11.8 Å². The molecule has 0 saturated heterocycles. The van der Waals surface area contributed by atoms with Crippen LogP contribution in [-0.4, -0.2) is 40.2 Å².